The van der Waals surface area contributed by atoms with E-state index in [1.165, 1.54) is 0 Å². The van der Waals surface area contributed by atoms with Crippen LogP contribution in [-0.4, -0.2) is 18.3 Å². The Morgan fingerprint density at radius 1 is 1.62 bits per heavy atom. The molecule has 1 aliphatic rings. The molecule has 1 rings (SSSR count). The van der Waals surface area contributed by atoms with Gasteiger partial charge in [0.25, 0.3) is 0 Å². The van der Waals surface area contributed by atoms with Crippen molar-refractivity contribution in [1.29, 1.82) is 0 Å². The fourth-order valence-electron chi connectivity index (χ4n) is 0.483. The Bertz CT molecular complexity index is 94.0. The number of aliphatic hydroxyl groups is 1. The minimum absolute atomic E-state index is 0. The van der Waals surface area contributed by atoms with Gasteiger partial charge in [-0.05, 0) is 0 Å². The van der Waals surface area contributed by atoms with Crippen LogP contribution in [0.1, 0.15) is 0 Å². The highest BCUT2D eigenvalue weighted by molar-refractivity contribution is 5.85. The lowest BCUT2D eigenvalue weighted by Gasteiger charge is -2.09. The monoisotopic (exact) mass is 136 g/mol. The van der Waals surface area contributed by atoms with E-state index in [1.807, 2.05) is 0 Å². The Balaban J connectivity index is 0.000000490. The molecule has 0 atom stereocenters. The second-order valence-corrected chi connectivity index (χ2v) is 1.44. The number of hydrogen-bond acceptors (Lipinski definition) is 3. The van der Waals surface area contributed by atoms with Gasteiger partial charge in [-0.1, -0.05) is 0 Å². The molecule has 1 aliphatic heterocycles. The Hall–Kier alpha value is -0.410. The van der Waals surface area contributed by atoms with E-state index in [1.54, 1.807) is 6.20 Å². The first-order valence-electron chi connectivity index (χ1n) is 2.22. The van der Waals surface area contributed by atoms with Gasteiger partial charge in [-0.15, -0.1) is 12.4 Å². The topological polar surface area (TPSA) is 44.3 Å². The third kappa shape index (κ3) is 2.04. The standard InChI is InChI=1S/C4H8N2O.ClH/c7-4-1-5-3-6-2-4;/h1,5-7H,2-3H2;1H. The van der Waals surface area contributed by atoms with E-state index in [0.29, 0.717) is 12.3 Å². The summed E-state index contributed by atoms with van der Waals surface area (Å²) in [6.07, 6.45) is 1.59. The summed E-state index contributed by atoms with van der Waals surface area (Å²) in [4.78, 5) is 0. The Labute approximate surface area is 54.2 Å². The highest BCUT2D eigenvalue weighted by Crippen LogP contribution is 1.83. The first-order chi connectivity index (χ1) is 3.39. The van der Waals surface area contributed by atoms with E-state index in [0.717, 1.165) is 6.67 Å². The maximum atomic E-state index is 8.65. The molecule has 1 heterocycles. The quantitative estimate of drug-likeness (QED) is 0.438. The molecule has 0 spiro atoms. The van der Waals surface area contributed by atoms with Crippen molar-refractivity contribution in [3.8, 4) is 0 Å². The van der Waals surface area contributed by atoms with Crippen LogP contribution in [0.3, 0.4) is 0 Å². The van der Waals surface area contributed by atoms with Gasteiger partial charge in [-0.2, -0.15) is 0 Å². The molecule has 3 N–H and O–H groups in total. The van der Waals surface area contributed by atoms with Crippen LogP contribution in [0.5, 0.6) is 0 Å². The van der Waals surface area contributed by atoms with Gasteiger partial charge in [0.1, 0.15) is 5.76 Å². The van der Waals surface area contributed by atoms with Crippen molar-refractivity contribution in [3.63, 3.8) is 0 Å². The molecule has 0 saturated carbocycles. The average molecular weight is 137 g/mol. The molecule has 0 fully saturated rings. The Morgan fingerprint density at radius 3 is 2.62 bits per heavy atom. The van der Waals surface area contributed by atoms with Crippen molar-refractivity contribution in [2.45, 2.75) is 0 Å². The van der Waals surface area contributed by atoms with E-state index in [2.05, 4.69) is 10.6 Å². The van der Waals surface area contributed by atoms with E-state index in [-0.39, 0.29) is 12.4 Å². The maximum absolute atomic E-state index is 8.65. The van der Waals surface area contributed by atoms with Gasteiger partial charge < -0.3 is 10.4 Å². The predicted octanol–water partition coefficient (Wildman–Crippen LogP) is -0.0421. The summed E-state index contributed by atoms with van der Waals surface area (Å²) in [5.41, 5.74) is 0. The molecule has 48 valence electrons. The average Bonchev–Trinajstić information content (AvgIpc) is 1.69. The van der Waals surface area contributed by atoms with E-state index < -0.39 is 0 Å². The van der Waals surface area contributed by atoms with Gasteiger partial charge in [-0.3, -0.25) is 5.32 Å². The second-order valence-electron chi connectivity index (χ2n) is 1.44. The minimum Gasteiger partial charge on any atom is -0.509 e. The van der Waals surface area contributed by atoms with Crippen LogP contribution in [-0.2, 0) is 0 Å². The summed E-state index contributed by atoms with van der Waals surface area (Å²) >= 11 is 0. The first kappa shape index (κ1) is 7.59. The van der Waals surface area contributed by atoms with E-state index >= 15 is 0 Å². The first-order valence-corrected chi connectivity index (χ1v) is 2.22. The van der Waals surface area contributed by atoms with Gasteiger partial charge >= 0.3 is 0 Å². The Kier molecular flexibility index (Phi) is 3.39. The third-order valence-electron chi connectivity index (χ3n) is 0.802. The summed E-state index contributed by atoms with van der Waals surface area (Å²) in [5, 5.41) is 14.4. The van der Waals surface area contributed by atoms with Crippen LogP contribution in [0.25, 0.3) is 0 Å². The van der Waals surface area contributed by atoms with Gasteiger partial charge in [0.05, 0.1) is 13.2 Å². The fraction of sp³-hybridized carbons (Fsp3) is 0.500. The molecule has 0 aliphatic carbocycles. The lowest BCUT2D eigenvalue weighted by molar-refractivity contribution is 0.369. The van der Waals surface area contributed by atoms with Gasteiger partial charge in [0.15, 0.2) is 0 Å². The maximum Gasteiger partial charge on any atom is 0.122 e. The molecule has 0 amide bonds. The molecule has 0 saturated heterocycles. The molecular weight excluding hydrogens is 128 g/mol. The lowest BCUT2D eigenvalue weighted by atomic mass is 10.5. The zero-order valence-corrected chi connectivity index (χ0v) is 5.16. The van der Waals surface area contributed by atoms with Gasteiger partial charge in [0.2, 0.25) is 0 Å². The molecule has 3 nitrogen and oxygen atoms in total. The van der Waals surface area contributed by atoms with E-state index in [9.17, 15) is 0 Å². The van der Waals surface area contributed by atoms with Gasteiger partial charge in [-0.25, -0.2) is 0 Å². The normalized spacial score (nSPS) is 17.8. The molecular formula is C4H9ClN2O. The lowest BCUT2D eigenvalue weighted by Crippen LogP contribution is -2.32. The minimum atomic E-state index is 0. The largest absolute Gasteiger partial charge is 0.509 e. The van der Waals surface area contributed by atoms with Crippen molar-refractivity contribution in [1.82, 2.24) is 10.6 Å². The SMILES string of the molecule is Cl.OC1=CNCNC1. The summed E-state index contributed by atoms with van der Waals surface area (Å²) in [5.74, 6) is 0.367. The van der Waals surface area contributed by atoms with Crippen LogP contribution >= 0.6 is 12.4 Å². The highest BCUT2D eigenvalue weighted by Gasteiger charge is 1.94. The molecule has 0 bridgehead atoms. The van der Waals surface area contributed by atoms with Crippen LogP contribution in [0.2, 0.25) is 0 Å². The smallest absolute Gasteiger partial charge is 0.122 e. The molecule has 0 aromatic rings. The number of halogens is 1. The molecule has 4 heteroatoms. The molecule has 0 aromatic carbocycles. The zero-order valence-electron chi connectivity index (χ0n) is 4.35. The second kappa shape index (κ2) is 3.57. The highest BCUT2D eigenvalue weighted by atomic mass is 35.5. The predicted molar refractivity (Wildman–Crippen MR) is 34.0 cm³/mol. The van der Waals surface area contributed by atoms with Crippen molar-refractivity contribution in [2.24, 2.45) is 0 Å². The summed E-state index contributed by atoms with van der Waals surface area (Å²) in [7, 11) is 0. The van der Waals surface area contributed by atoms with Crippen molar-refractivity contribution >= 4 is 12.4 Å². The van der Waals surface area contributed by atoms with Crippen LogP contribution in [0.15, 0.2) is 12.0 Å². The van der Waals surface area contributed by atoms with Crippen molar-refractivity contribution < 1.29 is 5.11 Å². The summed E-state index contributed by atoms with van der Waals surface area (Å²) in [6.45, 7) is 1.34. The fourth-order valence-corrected chi connectivity index (χ4v) is 0.483. The molecule has 0 radical (unpaired) electrons. The Morgan fingerprint density at radius 2 is 2.38 bits per heavy atom. The summed E-state index contributed by atoms with van der Waals surface area (Å²) in [6, 6.07) is 0. The third-order valence-corrected chi connectivity index (χ3v) is 0.802. The van der Waals surface area contributed by atoms with Crippen molar-refractivity contribution in [3.05, 3.63) is 12.0 Å². The van der Waals surface area contributed by atoms with Crippen LogP contribution in [0.4, 0.5) is 0 Å². The van der Waals surface area contributed by atoms with Crippen LogP contribution in [0, 0.1) is 0 Å². The zero-order chi connectivity index (χ0) is 5.11. The summed E-state index contributed by atoms with van der Waals surface area (Å²) < 4.78 is 0. The number of aliphatic hydroxyl groups excluding tert-OH is 1. The molecule has 0 aromatic heterocycles. The van der Waals surface area contributed by atoms with Crippen LogP contribution < -0.4 is 10.6 Å². The number of rotatable bonds is 0. The van der Waals surface area contributed by atoms with E-state index in [4.69, 9.17) is 5.11 Å². The molecule has 8 heavy (non-hydrogen) atoms. The number of nitrogens with one attached hydrogen (secondary N) is 2. The van der Waals surface area contributed by atoms with Crippen molar-refractivity contribution in [2.75, 3.05) is 13.2 Å². The van der Waals surface area contributed by atoms with Gasteiger partial charge in [0, 0.05) is 6.20 Å². The molecule has 0 unspecified atom stereocenters. The number of hydrogen-bond donors (Lipinski definition) is 3.